The minimum atomic E-state index is -0.443. The first kappa shape index (κ1) is 12.1. The summed E-state index contributed by atoms with van der Waals surface area (Å²) in [5, 5.41) is 22.6. The molecule has 2 atom stereocenters. The number of aliphatic hydroxyl groups is 2. The molecule has 0 spiro atoms. The molecule has 1 fully saturated rings. The highest BCUT2D eigenvalue weighted by Crippen LogP contribution is 2.54. The van der Waals surface area contributed by atoms with Gasteiger partial charge in [0.15, 0.2) is 5.65 Å². The molecule has 0 aromatic carbocycles. The molecule has 0 unspecified atom stereocenters. The molecule has 1 saturated carbocycles. The lowest BCUT2D eigenvalue weighted by atomic mass is 9.96. The van der Waals surface area contributed by atoms with Crippen LogP contribution in [0, 0.1) is 11.3 Å². The molecule has 0 aliphatic heterocycles. The number of nitrogens with two attached hydrogens (primary N) is 1. The quantitative estimate of drug-likeness (QED) is 0.534. The van der Waals surface area contributed by atoms with E-state index in [2.05, 4.69) is 15.1 Å². The average Bonchev–Trinajstić information content (AvgIpc) is 2.95. The Morgan fingerprint density at radius 3 is 3.00 bits per heavy atom. The Labute approximate surface area is 107 Å². The van der Waals surface area contributed by atoms with Gasteiger partial charge in [-0.05, 0) is 18.8 Å². The molecule has 19 heavy (non-hydrogen) atoms. The smallest absolute Gasteiger partial charge is 0.350 e. The number of hydrogen-bond donors (Lipinski definition) is 4. The number of nitrogens with one attached hydrogen (secondary N) is 1. The van der Waals surface area contributed by atoms with Gasteiger partial charge < -0.3 is 15.9 Å². The van der Waals surface area contributed by atoms with Gasteiger partial charge in [-0.3, -0.25) is 4.98 Å². The van der Waals surface area contributed by atoms with Crippen molar-refractivity contribution in [2.24, 2.45) is 11.3 Å². The third kappa shape index (κ3) is 1.80. The summed E-state index contributed by atoms with van der Waals surface area (Å²) in [6.07, 6.45) is 2.84. The van der Waals surface area contributed by atoms with Crippen LogP contribution in [0.25, 0.3) is 5.65 Å². The number of anilines is 1. The van der Waals surface area contributed by atoms with Crippen LogP contribution in [0.2, 0.25) is 0 Å². The van der Waals surface area contributed by atoms with E-state index >= 15 is 0 Å². The Kier molecular flexibility index (Phi) is 2.58. The van der Waals surface area contributed by atoms with Gasteiger partial charge in [-0.2, -0.15) is 14.6 Å². The van der Waals surface area contributed by atoms with Crippen LogP contribution in [0.15, 0.2) is 11.0 Å². The van der Waals surface area contributed by atoms with Crippen molar-refractivity contribution in [3.05, 3.63) is 22.2 Å². The zero-order valence-corrected chi connectivity index (χ0v) is 10.2. The highest BCUT2D eigenvalue weighted by Gasteiger charge is 2.53. The zero-order chi connectivity index (χ0) is 13.6. The summed E-state index contributed by atoms with van der Waals surface area (Å²) in [4.78, 5) is 18.1. The van der Waals surface area contributed by atoms with E-state index < -0.39 is 5.69 Å². The van der Waals surface area contributed by atoms with Gasteiger partial charge in [0.05, 0.1) is 6.20 Å². The minimum Gasteiger partial charge on any atom is -0.396 e. The standard InChI is InChI=1S/C11H15N5O3/c12-9-14-8-6(3-13-16(8)10(19)15-9)1-11(5-18)2-7(11)4-17/h3,7,17-18H,1-2,4-5H2,(H3,12,14,15,19)/t7-,11-/m0/s1. The number of fused-ring (bicyclic) bond motifs is 1. The number of aromatic nitrogens is 4. The van der Waals surface area contributed by atoms with E-state index in [-0.39, 0.29) is 30.5 Å². The van der Waals surface area contributed by atoms with Crippen molar-refractivity contribution in [3.63, 3.8) is 0 Å². The molecular weight excluding hydrogens is 250 g/mol. The third-order valence-electron chi connectivity index (χ3n) is 3.91. The second kappa shape index (κ2) is 4.04. The van der Waals surface area contributed by atoms with Crippen molar-refractivity contribution < 1.29 is 10.2 Å². The number of hydrogen-bond acceptors (Lipinski definition) is 6. The van der Waals surface area contributed by atoms with Crippen LogP contribution in [0.5, 0.6) is 0 Å². The largest absolute Gasteiger partial charge is 0.396 e. The summed E-state index contributed by atoms with van der Waals surface area (Å²) in [5.74, 6) is 0.124. The maximum absolute atomic E-state index is 11.6. The first-order valence-corrected chi connectivity index (χ1v) is 6.04. The van der Waals surface area contributed by atoms with Gasteiger partial charge in [-0.15, -0.1) is 0 Å². The van der Waals surface area contributed by atoms with Crippen LogP contribution in [-0.4, -0.2) is 43.0 Å². The fourth-order valence-corrected chi connectivity index (χ4v) is 2.61. The first-order valence-electron chi connectivity index (χ1n) is 6.04. The Balaban J connectivity index is 2.01. The van der Waals surface area contributed by atoms with Crippen LogP contribution in [0.3, 0.4) is 0 Å². The van der Waals surface area contributed by atoms with E-state index in [1.807, 2.05) is 0 Å². The zero-order valence-electron chi connectivity index (χ0n) is 10.2. The second-order valence-corrected chi connectivity index (χ2v) is 5.11. The average molecular weight is 265 g/mol. The number of nitrogen functional groups attached to an aromatic ring is 1. The molecular formula is C11H15N5O3. The predicted octanol–water partition coefficient (Wildman–Crippen LogP) is -1.47. The molecule has 0 amide bonds. The molecule has 3 rings (SSSR count). The Bertz CT molecular complexity index is 679. The van der Waals surface area contributed by atoms with Crippen LogP contribution in [0.1, 0.15) is 12.0 Å². The van der Waals surface area contributed by atoms with Gasteiger partial charge in [-0.1, -0.05) is 0 Å². The van der Waals surface area contributed by atoms with Crippen molar-refractivity contribution in [2.45, 2.75) is 12.8 Å². The van der Waals surface area contributed by atoms with E-state index in [1.165, 1.54) is 0 Å². The Morgan fingerprint density at radius 2 is 2.37 bits per heavy atom. The van der Waals surface area contributed by atoms with E-state index in [0.717, 1.165) is 16.5 Å². The van der Waals surface area contributed by atoms with Crippen LogP contribution < -0.4 is 11.4 Å². The van der Waals surface area contributed by atoms with Gasteiger partial charge in [0.1, 0.15) is 0 Å². The number of nitrogens with zero attached hydrogens (tertiary/aromatic N) is 3. The van der Waals surface area contributed by atoms with E-state index in [4.69, 9.17) is 5.73 Å². The third-order valence-corrected chi connectivity index (χ3v) is 3.91. The second-order valence-electron chi connectivity index (χ2n) is 5.11. The molecule has 2 aromatic heterocycles. The molecule has 102 valence electrons. The van der Waals surface area contributed by atoms with Crippen molar-refractivity contribution in [2.75, 3.05) is 18.9 Å². The van der Waals surface area contributed by atoms with Crippen LogP contribution in [0.4, 0.5) is 5.95 Å². The van der Waals surface area contributed by atoms with E-state index in [1.54, 1.807) is 6.20 Å². The molecule has 8 heteroatoms. The van der Waals surface area contributed by atoms with E-state index in [9.17, 15) is 15.0 Å². The maximum Gasteiger partial charge on any atom is 0.350 e. The highest BCUT2D eigenvalue weighted by molar-refractivity contribution is 5.49. The van der Waals surface area contributed by atoms with Crippen molar-refractivity contribution in [3.8, 4) is 0 Å². The molecule has 1 aliphatic rings. The van der Waals surface area contributed by atoms with Gasteiger partial charge in [-0.25, -0.2) is 4.79 Å². The topological polar surface area (TPSA) is 130 Å². The summed E-state index contributed by atoms with van der Waals surface area (Å²) in [6, 6.07) is 0. The van der Waals surface area contributed by atoms with Crippen molar-refractivity contribution >= 4 is 11.6 Å². The Morgan fingerprint density at radius 1 is 1.58 bits per heavy atom. The van der Waals surface area contributed by atoms with Gasteiger partial charge in [0.25, 0.3) is 0 Å². The molecule has 2 heterocycles. The lowest BCUT2D eigenvalue weighted by molar-refractivity contribution is 0.172. The van der Waals surface area contributed by atoms with E-state index in [0.29, 0.717) is 12.1 Å². The summed E-state index contributed by atoms with van der Waals surface area (Å²) in [6.45, 7) is 0.0458. The van der Waals surface area contributed by atoms with Crippen LogP contribution in [-0.2, 0) is 6.42 Å². The number of aliphatic hydroxyl groups excluding tert-OH is 2. The number of H-pyrrole nitrogens is 1. The lowest BCUT2D eigenvalue weighted by Gasteiger charge is -2.12. The SMILES string of the molecule is Nc1nc2c(C[C@@]3(CO)C[C@H]3CO)cnn2c(=O)[nH]1. The van der Waals surface area contributed by atoms with Crippen LogP contribution >= 0.6 is 0 Å². The summed E-state index contributed by atoms with van der Waals surface area (Å²) in [7, 11) is 0. The molecule has 0 radical (unpaired) electrons. The van der Waals surface area contributed by atoms with Gasteiger partial charge in [0, 0.05) is 24.2 Å². The lowest BCUT2D eigenvalue weighted by Crippen LogP contribution is -2.21. The Hall–Kier alpha value is -1.93. The summed E-state index contributed by atoms with van der Waals surface area (Å²) >= 11 is 0. The minimum absolute atomic E-state index is 0.00571. The van der Waals surface area contributed by atoms with Crippen molar-refractivity contribution in [1.82, 2.24) is 19.6 Å². The first-order chi connectivity index (χ1) is 9.09. The van der Waals surface area contributed by atoms with Gasteiger partial charge in [0.2, 0.25) is 5.95 Å². The molecule has 1 aliphatic carbocycles. The van der Waals surface area contributed by atoms with Crippen molar-refractivity contribution in [1.29, 1.82) is 0 Å². The fraction of sp³-hybridized carbons (Fsp3) is 0.545. The molecule has 2 aromatic rings. The highest BCUT2D eigenvalue weighted by atomic mass is 16.3. The maximum atomic E-state index is 11.6. The molecule has 5 N–H and O–H groups in total. The summed E-state index contributed by atoms with van der Waals surface area (Å²) < 4.78 is 1.15. The van der Waals surface area contributed by atoms with Gasteiger partial charge >= 0.3 is 5.69 Å². The number of aromatic amines is 1. The normalized spacial score (nSPS) is 25.9. The monoisotopic (exact) mass is 265 g/mol. The molecule has 0 saturated heterocycles. The fourth-order valence-electron chi connectivity index (χ4n) is 2.61. The molecule has 8 nitrogen and oxygen atoms in total. The summed E-state index contributed by atoms with van der Waals surface area (Å²) in [5.41, 5.74) is 5.91. The number of rotatable bonds is 4. The molecule has 0 bridgehead atoms. The predicted molar refractivity (Wildman–Crippen MR) is 66.4 cm³/mol.